The third-order valence-electron chi connectivity index (χ3n) is 1.89. The second-order valence-electron chi connectivity index (χ2n) is 3.07. The quantitative estimate of drug-likeness (QED) is 0.860. The molecule has 2 rings (SSSR count). The molecule has 0 amide bonds. The molecule has 1 atom stereocenters. The number of thiazole rings is 1. The fourth-order valence-electron chi connectivity index (χ4n) is 1.16. The minimum Gasteiger partial charge on any atom is -0.359 e. The smallest absolute Gasteiger partial charge is 0.224 e. The summed E-state index contributed by atoms with van der Waals surface area (Å²) >= 11 is 7.07. The number of anilines is 1. The van der Waals surface area contributed by atoms with Gasteiger partial charge in [-0.1, -0.05) is 0 Å². The Morgan fingerprint density at radius 2 is 2.31 bits per heavy atom. The Morgan fingerprint density at radius 3 is 3.00 bits per heavy atom. The second kappa shape index (κ2) is 4.71. The molecular formula is C9H8ClFN4S. The molecule has 2 heterocycles. The van der Waals surface area contributed by atoms with Crippen molar-refractivity contribution in [2.45, 2.75) is 13.0 Å². The average molecular weight is 259 g/mol. The molecule has 0 aromatic carbocycles. The molecule has 0 spiro atoms. The Hall–Kier alpha value is -1.27. The predicted octanol–water partition coefficient (Wildman–Crippen LogP) is 2.90. The Balaban J connectivity index is 2.17. The Kier molecular flexibility index (Phi) is 3.31. The van der Waals surface area contributed by atoms with Crippen molar-refractivity contribution in [1.29, 1.82) is 0 Å². The molecule has 0 saturated heterocycles. The highest BCUT2D eigenvalue weighted by Crippen LogP contribution is 2.21. The maximum absolute atomic E-state index is 13.3. The van der Waals surface area contributed by atoms with Crippen molar-refractivity contribution in [3.8, 4) is 0 Å². The summed E-state index contributed by atoms with van der Waals surface area (Å²) in [6.07, 6.45) is 2.73. The van der Waals surface area contributed by atoms with Crippen LogP contribution in [0.1, 0.15) is 18.0 Å². The van der Waals surface area contributed by atoms with Gasteiger partial charge < -0.3 is 5.32 Å². The SMILES string of the molecule is CC(Nc1nc(Cl)ncc1F)c1nccs1. The molecule has 0 saturated carbocycles. The van der Waals surface area contributed by atoms with E-state index in [4.69, 9.17) is 11.6 Å². The molecule has 84 valence electrons. The third kappa shape index (κ3) is 2.45. The van der Waals surface area contributed by atoms with E-state index >= 15 is 0 Å². The number of halogens is 2. The van der Waals surface area contributed by atoms with Gasteiger partial charge in [0, 0.05) is 11.6 Å². The monoisotopic (exact) mass is 258 g/mol. The summed E-state index contributed by atoms with van der Waals surface area (Å²) in [6.45, 7) is 1.87. The first kappa shape index (κ1) is 11.2. The molecule has 1 unspecified atom stereocenters. The highest BCUT2D eigenvalue weighted by molar-refractivity contribution is 7.09. The Labute approximate surface area is 101 Å². The van der Waals surface area contributed by atoms with Crippen LogP contribution in [0.4, 0.5) is 10.2 Å². The summed E-state index contributed by atoms with van der Waals surface area (Å²) in [6, 6.07) is -0.125. The molecule has 0 aliphatic heterocycles. The van der Waals surface area contributed by atoms with Crippen LogP contribution in [-0.2, 0) is 0 Å². The molecule has 0 bridgehead atoms. The first-order chi connectivity index (χ1) is 7.66. The molecule has 1 N–H and O–H groups in total. The van der Waals surface area contributed by atoms with E-state index in [0.29, 0.717) is 0 Å². The van der Waals surface area contributed by atoms with Gasteiger partial charge in [0.05, 0.1) is 12.2 Å². The van der Waals surface area contributed by atoms with Crippen molar-refractivity contribution < 1.29 is 4.39 Å². The predicted molar refractivity (Wildman–Crippen MR) is 61.2 cm³/mol. The van der Waals surface area contributed by atoms with Crippen molar-refractivity contribution in [2.75, 3.05) is 5.32 Å². The van der Waals surface area contributed by atoms with E-state index in [1.165, 1.54) is 11.3 Å². The van der Waals surface area contributed by atoms with Crippen LogP contribution in [-0.4, -0.2) is 15.0 Å². The van der Waals surface area contributed by atoms with Crippen LogP contribution in [0.5, 0.6) is 0 Å². The zero-order valence-electron chi connectivity index (χ0n) is 8.32. The number of hydrogen-bond acceptors (Lipinski definition) is 5. The molecule has 2 aromatic heterocycles. The van der Waals surface area contributed by atoms with Gasteiger partial charge in [0.15, 0.2) is 11.6 Å². The van der Waals surface area contributed by atoms with E-state index in [-0.39, 0.29) is 17.1 Å². The molecular weight excluding hydrogens is 251 g/mol. The van der Waals surface area contributed by atoms with E-state index < -0.39 is 5.82 Å². The average Bonchev–Trinajstić information content (AvgIpc) is 2.76. The minimum atomic E-state index is -0.534. The van der Waals surface area contributed by atoms with E-state index in [1.807, 2.05) is 12.3 Å². The zero-order chi connectivity index (χ0) is 11.5. The summed E-state index contributed by atoms with van der Waals surface area (Å²) in [5, 5.41) is 5.61. The van der Waals surface area contributed by atoms with E-state index in [1.54, 1.807) is 6.20 Å². The summed E-state index contributed by atoms with van der Waals surface area (Å²) < 4.78 is 13.3. The fraction of sp³-hybridized carbons (Fsp3) is 0.222. The van der Waals surface area contributed by atoms with Crippen LogP contribution in [0.3, 0.4) is 0 Å². The van der Waals surface area contributed by atoms with Gasteiger partial charge in [-0.3, -0.25) is 0 Å². The van der Waals surface area contributed by atoms with Crippen LogP contribution >= 0.6 is 22.9 Å². The van der Waals surface area contributed by atoms with Gasteiger partial charge in [0.25, 0.3) is 0 Å². The number of nitrogens with one attached hydrogen (secondary N) is 1. The maximum atomic E-state index is 13.3. The van der Waals surface area contributed by atoms with Gasteiger partial charge in [0.2, 0.25) is 5.28 Å². The lowest BCUT2D eigenvalue weighted by Crippen LogP contribution is -2.09. The van der Waals surface area contributed by atoms with Crippen molar-refractivity contribution in [1.82, 2.24) is 15.0 Å². The van der Waals surface area contributed by atoms with E-state index in [9.17, 15) is 4.39 Å². The molecule has 2 aromatic rings. The highest BCUT2D eigenvalue weighted by atomic mass is 35.5. The lowest BCUT2D eigenvalue weighted by molar-refractivity contribution is 0.613. The van der Waals surface area contributed by atoms with Gasteiger partial charge in [-0.05, 0) is 18.5 Å². The van der Waals surface area contributed by atoms with Crippen molar-refractivity contribution >= 4 is 28.8 Å². The van der Waals surface area contributed by atoms with Crippen molar-refractivity contribution in [3.63, 3.8) is 0 Å². The highest BCUT2D eigenvalue weighted by Gasteiger charge is 2.12. The number of hydrogen-bond donors (Lipinski definition) is 1. The molecule has 7 heteroatoms. The second-order valence-corrected chi connectivity index (χ2v) is 4.34. The molecule has 4 nitrogen and oxygen atoms in total. The van der Waals surface area contributed by atoms with Gasteiger partial charge >= 0.3 is 0 Å². The van der Waals surface area contributed by atoms with Gasteiger partial charge in [-0.2, -0.15) is 4.98 Å². The normalized spacial score (nSPS) is 12.4. The molecule has 0 radical (unpaired) electrons. The Morgan fingerprint density at radius 1 is 1.50 bits per heavy atom. The number of aromatic nitrogens is 3. The van der Waals surface area contributed by atoms with E-state index in [2.05, 4.69) is 20.3 Å². The first-order valence-electron chi connectivity index (χ1n) is 4.51. The van der Waals surface area contributed by atoms with Crippen molar-refractivity contribution in [2.24, 2.45) is 0 Å². The number of nitrogens with zero attached hydrogens (tertiary/aromatic N) is 3. The topological polar surface area (TPSA) is 50.7 Å². The first-order valence-corrected chi connectivity index (χ1v) is 5.76. The Bertz CT molecular complexity index is 476. The maximum Gasteiger partial charge on any atom is 0.224 e. The van der Waals surface area contributed by atoms with Crippen LogP contribution < -0.4 is 5.32 Å². The summed E-state index contributed by atoms with van der Waals surface area (Å²) in [7, 11) is 0. The van der Waals surface area contributed by atoms with Crippen molar-refractivity contribution in [3.05, 3.63) is 33.9 Å². The van der Waals surface area contributed by atoms with Gasteiger partial charge in [-0.15, -0.1) is 11.3 Å². The van der Waals surface area contributed by atoms with Gasteiger partial charge in [-0.25, -0.2) is 14.4 Å². The number of rotatable bonds is 3. The minimum absolute atomic E-state index is 0.00948. The summed E-state index contributed by atoms with van der Waals surface area (Å²) in [4.78, 5) is 11.4. The third-order valence-corrected chi connectivity index (χ3v) is 3.03. The largest absolute Gasteiger partial charge is 0.359 e. The van der Waals surface area contributed by atoms with Gasteiger partial charge in [0.1, 0.15) is 5.01 Å². The molecule has 0 fully saturated rings. The van der Waals surface area contributed by atoms with Crippen LogP contribution in [0, 0.1) is 5.82 Å². The lowest BCUT2D eigenvalue weighted by atomic mass is 10.3. The van der Waals surface area contributed by atoms with Crippen LogP contribution in [0.15, 0.2) is 17.8 Å². The standard InChI is InChI=1S/C9H8ClFN4S/c1-5(8-12-2-3-16-8)14-7-6(11)4-13-9(10)15-7/h2-5H,1H3,(H,13,14,15). The van der Waals surface area contributed by atoms with Crippen LogP contribution in [0.25, 0.3) is 0 Å². The molecule has 0 aliphatic carbocycles. The fourth-order valence-corrected chi connectivity index (χ4v) is 1.94. The van der Waals surface area contributed by atoms with Crippen LogP contribution in [0.2, 0.25) is 5.28 Å². The zero-order valence-corrected chi connectivity index (χ0v) is 9.89. The molecule has 0 aliphatic rings. The van der Waals surface area contributed by atoms with E-state index in [0.717, 1.165) is 11.2 Å². The molecule has 16 heavy (non-hydrogen) atoms. The summed E-state index contributed by atoms with van der Waals surface area (Å²) in [5.74, 6) is -0.449. The lowest BCUT2D eigenvalue weighted by Gasteiger charge is -2.11. The summed E-state index contributed by atoms with van der Waals surface area (Å²) in [5.41, 5.74) is 0.